The maximum absolute atomic E-state index is 12.8. The van der Waals surface area contributed by atoms with Crippen LogP contribution in [0.4, 0.5) is 0 Å². The minimum absolute atomic E-state index is 0.000494. The summed E-state index contributed by atoms with van der Waals surface area (Å²) in [6.45, 7) is 1.43. The van der Waals surface area contributed by atoms with Gasteiger partial charge in [-0.2, -0.15) is 0 Å². The first-order valence-corrected chi connectivity index (χ1v) is 9.79. The van der Waals surface area contributed by atoms with Crippen molar-refractivity contribution >= 4 is 32.7 Å². The fourth-order valence-corrected chi connectivity index (χ4v) is 4.06. The van der Waals surface area contributed by atoms with Crippen LogP contribution in [0.15, 0.2) is 30.6 Å². The Morgan fingerprint density at radius 2 is 1.48 bits per heavy atom. The highest BCUT2D eigenvalue weighted by Crippen LogP contribution is 2.45. The molecule has 5 atom stereocenters. The van der Waals surface area contributed by atoms with Crippen LogP contribution in [-0.4, -0.2) is 63.3 Å². The molecule has 0 aliphatic carbocycles. The van der Waals surface area contributed by atoms with Crippen molar-refractivity contribution in [3.8, 4) is 23.0 Å². The quantitative estimate of drug-likeness (QED) is 0.204. The zero-order valence-corrected chi connectivity index (χ0v) is 17.1. The first-order valence-electron chi connectivity index (χ1n) is 9.79. The van der Waals surface area contributed by atoms with E-state index >= 15 is 0 Å². The van der Waals surface area contributed by atoms with Gasteiger partial charge in [0.15, 0.2) is 22.7 Å². The normalized spacial score (nSPS) is 25.8. The summed E-state index contributed by atoms with van der Waals surface area (Å²) in [6, 6.07) is 2.22. The predicted octanol–water partition coefficient (Wildman–Crippen LogP) is 0.116. The number of ether oxygens (including phenoxy) is 3. The summed E-state index contributed by atoms with van der Waals surface area (Å²) in [5.41, 5.74) is -2.59. The van der Waals surface area contributed by atoms with Crippen LogP contribution in [0.3, 0.4) is 0 Å². The molecule has 4 aromatic rings. The minimum Gasteiger partial charge on any atom is -0.504 e. The van der Waals surface area contributed by atoms with Gasteiger partial charge in [0.25, 0.3) is 0 Å². The third kappa shape index (κ3) is 2.92. The van der Waals surface area contributed by atoms with Gasteiger partial charge in [0, 0.05) is 10.8 Å². The molecule has 174 valence electrons. The van der Waals surface area contributed by atoms with Crippen LogP contribution in [0.1, 0.15) is 6.92 Å². The van der Waals surface area contributed by atoms with E-state index in [4.69, 9.17) is 23.0 Å². The van der Waals surface area contributed by atoms with E-state index in [1.807, 2.05) is 0 Å². The summed E-state index contributed by atoms with van der Waals surface area (Å²) in [4.78, 5) is 25.4. The molecule has 12 nitrogen and oxygen atoms in total. The Bertz CT molecular complexity index is 1500. The van der Waals surface area contributed by atoms with E-state index in [9.17, 15) is 35.1 Å². The Morgan fingerprint density at radius 1 is 0.879 bits per heavy atom. The highest BCUT2D eigenvalue weighted by atomic mass is 16.7. The van der Waals surface area contributed by atoms with Crippen molar-refractivity contribution in [1.82, 2.24) is 0 Å². The third-order valence-corrected chi connectivity index (χ3v) is 5.78. The van der Waals surface area contributed by atoms with Gasteiger partial charge in [-0.1, -0.05) is 0 Å². The maximum atomic E-state index is 12.8. The molecule has 3 heterocycles. The summed E-state index contributed by atoms with van der Waals surface area (Å²) in [5.74, 6) is -1.77. The Hall–Kier alpha value is -3.58. The Balaban J connectivity index is 1.81. The Morgan fingerprint density at radius 3 is 2.15 bits per heavy atom. The fraction of sp³-hybridized carbons (Fsp3) is 0.333. The molecule has 12 heteroatoms. The zero-order valence-electron chi connectivity index (χ0n) is 17.1. The van der Waals surface area contributed by atoms with E-state index in [0.29, 0.717) is 0 Å². The average Bonchev–Trinajstić information content (AvgIpc) is 2.78. The number of aromatic hydroxyl groups is 2. The van der Waals surface area contributed by atoms with Crippen LogP contribution in [0.25, 0.3) is 32.7 Å². The van der Waals surface area contributed by atoms with E-state index in [1.54, 1.807) is 0 Å². The van der Waals surface area contributed by atoms with Crippen LogP contribution in [0.2, 0.25) is 0 Å². The van der Waals surface area contributed by atoms with Crippen molar-refractivity contribution in [2.24, 2.45) is 0 Å². The second-order valence-electron chi connectivity index (χ2n) is 7.73. The monoisotopic (exact) mass is 462 g/mol. The van der Waals surface area contributed by atoms with Gasteiger partial charge in [-0.15, -0.1) is 0 Å². The fourth-order valence-electron chi connectivity index (χ4n) is 4.06. The molecule has 0 bridgehead atoms. The topological polar surface area (TPSA) is 189 Å². The number of aliphatic hydroxyl groups is 3. The molecule has 5 rings (SSSR count). The Labute approximate surface area is 182 Å². The summed E-state index contributed by atoms with van der Waals surface area (Å²) in [7, 11) is 1.25. The number of benzene rings is 2. The highest BCUT2D eigenvalue weighted by molar-refractivity contribution is 6.22. The minimum atomic E-state index is -1.72. The maximum Gasteiger partial charge on any atom is 0.344 e. The molecule has 1 fully saturated rings. The molecule has 2 aromatic carbocycles. The second-order valence-corrected chi connectivity index (χ2v) is 7.73. The molecule has 1 aliphatic heterocycles. The van der Waals surface area contributed by atoms with Crippen molar-refractivity contribution in [3.05, 3.63) is 33.0 Å². The summed E-state index contributed by atoms with van der Waals surface area (Å²) < 4.78 is 26.5. The van der Waals surface area contributed by atoms with Crippen molar-refractivity contribution in [2.75, 3.05) is 7.11 Å². The lowest BCUT2D eigenvalue weighted by Gasteiger charge is -2.38. The van der Waals surface area contributed by atoms with Gasteiger partial charge in [-0.05, 0) is 19.1 Å². The van der Waals surface area contributed by atoms with Crippen LogP contribution >= 0.6 is 0 Å². The number of phenols is 2. The number of aliphatic hydroxyl groups excluding tert-OH is 3. The van der Waals surface area contributed by atoms with Gasteiger partial charge in [0.05, 0.1) is 24.0 Å². The SMILES string of the molecule is COc1cc2c(=O)oc3c(O[C@H]4O[C@@H](C)[C@H](O)[C@@H](O)[C@H]4O)c(O)cc4c(=O)oc(c1O)c2c34. The number of methoxy groups -OCH3 is 1. The summed E-state index contributed by atoms with van der Waals surface area (Å²) >= 11 is 0. The molecular formula is C21H18O12. The standard InChI is InChI=1S/C21H18O12/c1-5-12(23)14(25)15(26)21(30-5)33-16-8(22)3-6-11-10-7(20(28)32-18(11)16)4-9(29-2)13(24)17(10)31-19(6)27/h3-5,12,14-15,21-26H,1-2H3/t5-,12-,14+,15+,21+/m0/s1. The predicted molar refractivity (Wildman–Crippen MR) is 110 cm³/mol. The molecule has 0 spiro atoms. The van der Waals surface area contributed by atoms with Crippen molar-refractivity contribution in [3.63, 3.8) is 0 Å². The van der Waals surface area contributed by atoms with Crippen molar-refractivity contribution < 1.29 is 48.6 Å². The van der Waals surface area contributed by atoms with E-state index in [1.165, 1.54) is 20.1 Å². The van der Waals surface area contributed by atoms with Crippen molar-refractivity contribution in [2.45, 2.75) is 37.6 Å². The first-order chi connectivity index (χ1) is 15.6. The van der Waals surface area contributed by atoms with E-state index < -0.39 is 59.2 Å². The first kappa shape index (κ1) is 21.3. The van der Waals surface area contributed by atoms with Gasteiger partial charge in [0.2, 0.25) is 17.8 Å². The summed E-state index contributed by atoms with van der Waals surface area (Å²) in [5, 5.41) is 51.0. The van der Waals surface area contributed by atoms with E-state index in [-0.39, 0.29) is 38.5 Å². The number of rotatable bonds is 3. The van der Waals surface area contributed by atoms with E-state index in [2.05, 4.69) is 0 Å². The molecule has 2 aromatic heterocycles. The van der Waals surface area contributed by atoms with Gasteiger partial charge in [-0.25, -0.2) is 9.59 Å². The van der Waals surface area contributed by atoms with Gasteiger partial charge >= 0.3 is 11.3 Å². The lowest BCUT2D eigenvalue weighted by atomic mass is 9.99. The molecule has 0 unspecified atom stereocenters. The zero-order chi connectivity index (χ0) is 23.8. The van der Waals surface area contributed by atoms with Crippen LogP contribution in [0.5, 0.6) is 23.0 Å². The lowest BCUT2D eigenvalue weighted by Crippen LogP contribution is -2.58. The van der Waals surface area contributed by atoms with Crippen LogP contribution < -0.4 is 20.7 Å². The molecule has 0 radical (unpaired) electrons. The molecule has 5 N–H and O–H groups in total. The second kappa shape index (κ2) is 7.22. The Kier molecular flexibility index (Phi) is 4.65. The highest BCUT2D eigenvalue weighted by Gasteiger charge is 2.44. The molecular weight excluding hydrogens is 444 g/mol. The smallest absolute Gasteiger partial charge is 0.344 e. The van der Waals surface area contributed by atoms with Crippen molar-refractivity contribution in [1.29, 1.82) is 0 Å². The number of hydrogen-bond donors (Lipinski definition) is 5. The molecule has 0 saturated carbocycles. The number of phenolic OH excluding ortho intramolecular Hbond substituents is 2. The largest absolute Gasteiger partial charge is 0.504 e. The third-order valence-electron chi connectivity index (χ3n) is 5.78. The average molecular weight is 462 g/mol. The summed E-state index contributed by atoms with van der Waals surface area (Å²) in [6.07, 6.45) is -7.25. The molecule has 1 aliphatic rings. The van der Waals surface area contributed by atoms with Gasteiger partial charge < -0.3 is 48.6 Å². The van der Waals surface area contributed by atoms with Gasteiger partial charge in [-0.3, -0.25) is 0 Å². The van der Waals surface area contributed by atoms with Crippen LogP contribution in [-0.2, 0) is 4.74 Å². The van der Waals surface area contributed by atoms with Gasteiger partial charge in [0.1, 0.15) is 18.3 Å². The number of hydrogen-bond acceptors (Lipinski definition) is 12. The lowest BCUT2D eigenvalue weighted by molar-refractivity contribution is -0.268. The molecule has 33 heavy (non-hydrogen) atoms. The molecule has 1 saturated heterocycles. The van der Waals surface area contributed by atoms with Crippen LogP contribution in [0, 0.1) is 0 Å². The van der Waals surface area contributed by atoms with E-state index in [0.717, 1.165) is 6.07 Å². The molecule has 0 amide bonds.